The normalized spacial score (nSPS) is 15.8. The van der Waals surface area contributed by atoms with Gasteiger partial charge < -0.3 is 20.3 Å². The summed E-state index contributed by atoms with van der Waals surface area (Å²) in [7, 11) is 0. The molecule has 1 aromatic carbocycles. The van der Waals surface area contributed by atoms with E-state index in [0.717, 1.165) is 18.4 Å². The maximum absolute atomic E-state index is 11.5. The van der Waals surface area contributed by atoms with Gasteiger partial charge in [-0.2, -0.15) is 0 Å². The van der Waals surface area contributed by atoms with E-state index < -0.39 is 23.2 Å². The molecule has 3 N–H and O–H groups in total. The van der Waals surface area contributed by atoms with E-state index in [1.807, 2.05) is 30.3 Å². The predicted molar refractivity (Wildman–Crippen MR) is 90.6 cm³/mol. The first-order chi connectivity index (χ1) is 11.2. The Hall–Kier alpha value is -2.08. The fourth-order valence-electron chi connectivity index (χ4n) is 2.45. The van der Waals surface area contributed by atoms with Gasteiger partial charge in [-0.3, -0.25) is 0 Å². The number of hydrogen-bond donors (Lipinski definition) is 3. The van der Waals surface area contributed by atoms with Crippen LogP contribution < -0.4 is 5.32 Å². The zero-order chi connectivity index (χ0) is 18.2. The molecule has 2 rings (SSSR count). The highest BCUT2D eigenvalue weighted by atomic mass is 16.6. The van der Waals surface area contributed by atoms with Gasteiger partial charge in [0, 0.05) is 0 Å². The predicted octanol–water partition coefficient (Wildman–Crippen LogP) is 3.09. The van der Waals surface area contributed by atoms with E-state index >= 15 is 0 Å². The number of aliphatic hydroxyl groups is 1. The van der Waals surface area contributed by atoms with Gasteiger partial charge in [0.25, 0.3) is 0 Å². The van der Waals surface area contributed by atoms with Crippen LogP contribution in [0.25, 0.3) is 0 Å². The summed E-state index contributed by atoms with van der Waals surface area (Å²) in [6.45, 7) is 5.37. The molecule has 1 aromatic rings. The van der Waals surface area contributed by atoms with Crippen molar-refractivity contribution >= 4 is 12.1 Å². The number of rotatable bonds is 3. The number of carboxylic acid groups (broad SMARTS) is 1. The van der Waals surface area contributed by atoms with Gasteiger partial charge in [0.2, 0.25) is 0 Å². The van der Waals surface area contributed by atoms with Gasteiger partial charge in [-0.05, 0) is 39.2 Å². The second kappa shape index (κ2) is 8.68. The minimum atomic E-state index is -1.12. The van der Waals surface area contributed by atoms with Crippen LogP contribution in [0.4, 0.5) is 4.79 Å². The lowest BCUT2D eigenvalue weighted by Gasteiger charge is -2.27. The topological polar surface area (TPSA) is 95.9 Å². The summed E-state index contributed by atoms with van der Waals surface area (Å²) in [6.07, 6.45) is 1.93. The summed E-state index contributed by atoms with van der Waals surface area (Å²) in [6, 6.07) is 9.52. The molecule has 6 heteroatoms. The summed E-state index contributed by atoms with van der Waals surface area (Å²) in [5.41, 5.74) is -0.766. The SMILES string of the molecule is CC(C)(C)OC(=O)NC1(C(=O)O)CCCC1.OCc1ccccc1. The Balaban J connectivity index is 0.000000300. The maximum Gasteiger partial charge on any atom is 0.408 e. The van der Waals surface area contributed by atoms with Gasteiger partial charge in [-0.1, -0.05) is 43.2 Å². The second-order valence-electron chi connectivity index (χ2n) is 6.86. The van der Waals surface area contributed by atoms with E-state index in [0.29, 0.717) is 12.8 Å². The van der Waals surface area contributed by atoms with Crippen LogP contribution in [0.5, 0.6) is 0 Å². The van der Waals surface area contributed by atoms with Crippen LogP contribution in [0.2, 0.25) is 0 Å². The highest BCUT2D eigenvalue weighted by Gasteiger charge is 2.43. The number of aliphatic carboxylic acids is 1. The molecule has 0 atom stereocenters. The molecule has 1 saturated carbocycles. The number of ether oxygens (including phenoxy) is 1. The van der Waals surface area contributed by atoms with Crippen molar-refractivity contribution in [3.63, 3.8) is 0 Å². The van der Waals surface area contributed by atoms with Crippen molar-refractivity contribution in [2.24, 2.45) is 0 Å². The number of hydrogen-bond acceptors (Lipinski definition) is 4. The van der Waals surface area contributed by atoms with Gasteiger partial charge >= 0.3 is 12.1 Å². The van der Waals surface area contributed by atoms with Crippen LogP contribution >= 0.6 is 0 Å². The van der Waals surface area contributed by atoms with Crippen molar-refractivity contribution in [1.82, 2.24) is 5.32 Å². The molecule has 0 aliphatic heterocycles. The molecule has 134 valence electrons. The van der Waals surface area contributed by atoms with Gasteiger partial charge in [0.15, 0.2) is 0 Å². The fraction of sp³-hybridized carbons (Fsp3) is 0.556. The van der Waals surface area contributed by atoms with E-state index in [2.05, 4.69) is 5.32 Å². The van der Waals surface area contributed by atoms with Gasteiger partial charge in [-0.15, -0.1) is 0 Å². The van der Waals surface area contributed by atoms with E-state index in [1.54, 1.807) is 20.8 Å². The molecule has 0 aromatic heterocycles. The Morgan fingerprint density at radius 1 is 1.17 bits per heavy atom. The number of carbonyl (C=O) groups excluding carboxylic acids is 1. The number of nitrogens with one attached hydrogen (secondary N) is 1. The van der Waals surface area contributed by atoms with Gasteiger partial charge in [0.1, 0.15) is 11.1 Å². The molecule has 0 radical (unpaired) electrons. The minimum absolute atomic E-state index is 0.140. The summed E-state index contributed by atoms with van der Waals surface area (Å²) in [5, 5.41) is 20.2. The Morgan fingerprint density at radius 3 is 2.08 bits per heavy atom. The minimum Gasteiger partial charge on any atom is -0.480 e. The molecule has 0 saturated heterocycles. The Bertz CT molecular complexity index is 530. The molecule has 1 amide bonds. The standard InChI is InChI=1S/C11H19NO4.C7H8O/c1-10(2,3)16-9(15)12-11(8(13)14)6-4-5-7-11;8-6-7-4-2-1-3-5-7/h4-7H2,1-3H3,(H,12,15)(H,13,14);1-5,8H,6H2. The summed E-state index contributed by atoms with van der Waals surface area (Å²) in [4.78, 5) is 22.7. The van der Waals surface area contributed by atoms with Crippen molar-refractivity contribution in [3.05, 3.63) is 35.9 Å². The molecule has 0 bridgehead atoms. The third-order valence-electron chi connectivity index (χ3n) is 3.63. The maximum atomic E-state index is 11.5. The third-order valence-corrected chi connectivity index (χ3v) is 3.63. The molecule has 1 aliphatic carbocycles. The van der Waals surface area contributed by atoms with E-state index in [9.17, 15) is 9.59 Å². The molecule has 0 heterocycles. The average molecular weight is 337 g/mol. The first-order valence-electron chi connectivity index (χ1n) is 8.08. The first kappa shape index (κ1) is 20.0. The lowest BCUT2D eigenvalue weighted by atomic mass is 9.98. The highest BCUT2D eigenvalue weighted by Crippen LogP contribution is 2.30. The number of benzene rings is 1. The monoisotopic (exact) mass is 337 g/mol. The largest absolute Gasteiger partial charge is 0.480 e. The van der Waals surface area contributed by atoms with E-state index in [-0.39, 0.29) is 6.61 Å². The molecule has 24 heavy (non-hydrogen) atoms. The van der Waals surface area contributed by atoms with Crippen molar-refractivity contribution in [2.45, 2.75) is 64.2 Å². The quantitative estimate of drug-likeness (QED) is 0.788. The van der Waals surface area contributed by atoms with Crippen LogP contribution in [0.3, 0.4) is 0 Å². The molecular formula is C18H27NO5. The molecule has 6 nitrogen and oxygen atoms in total. The molecule has 0 unspecified atom stereocenters. The van der Waals surface area contributed by atoms with Crippen molar-refractivity contribution < 1.29 is 24.5 Å². The number of carbonyl (C=O) groups is 2. The summed E-state index contributed by atoms with van der Waals surface area (Å²) >= 11 is 0. The third kappa shape index (κ3) is 6.58. The average Bonchev–Trinajstić information content (AvgIpc) is 2.96. The molecule has 0 spiro atoms. The highest BCUT2D eigenvalue weighted by molar-refractivity contribution is 5.84. The second-order valence-corrected chi connectivity index (χ2v) is 6.86. The van der Waals surface area contributed by atoms with E-state index in [4.69, 9.17) is 14.9 Å². The molecule has 1 aliphatic rings. The molecular weight excluding hydrogens is 310 g/mol. The molecule has 1 fully saturated rings. The number of amides is 1. The van der Waals surface area contributed by atoms with Gasteiger partial charge in [0.05, 0.1) is 6.61 Å². The Kier molecular flexibility index (Phi) is 7.22. The fourth-order valence-corrected chi connectivity index (χ4v) is 2.45. The van der Waals surface area contributed by atoms with Crippen LogP contribution in [0.1, 0.15) is 52.0 Å². The summed E-state index contributed by atoms with van der Waals surface area (Å²) in [5.74, 6) is -0.976. The Labute approximate surface area is 142 Å². The van der Waals surface area contributed by atoms with Crippen LogP contribution in [0.15, 0.2) is 30.3 Å². The number of alkyl carbamates (subject to hydrolysis) is 1. The van der Waals surface area contributed by atoms with Crippen LogP contribution in [0, 0.1) is 0 Å². The van der Waals surface area contributed by atoms with Crippen LogP contribution in [-0.2, 0) is 16.1 Å². The van der Waals surface area contributed by atoms with Gasteiger partial charge in [-0.25, -0.2) is 9.59 Å². The first-order valence-corrected chi connectivity index (χ1v) is 8.08. The summed E-state index contributed by atoms with van der Waals surface area (Å²) < 4.78 is 5.06. The smallest absolute Gasteiger partial charge is 0.408 e. The zero-order valence-electron chi connectivity index (χ0n) is 14.5. The van der Waals surface area contributed by atoms with Crippen molar-refractivity contribution in [1.29, 1.82) is 0 Å². The van der Waals surface area contributed by atoms with Crippen molar-refractivity contribution in [3.8, 4) is 0 Å². The lowest BCUT2D eigenvalue weighted by molar-refractivity contribution is -0.144. The van der Waals surface area contributed by atoms with Crippen molar-refractivity contribution in [2.75, 3.05) is 0 Å². The van der Waals surface area contributed by atoms with E-state index in [1.165, 1.54) is 0 Å². The van der Waals surface area contributed by atoms with Crippen LogP contribution in [-0.4, -0.2) is 33.4 Å². The number of aliphatic hydroxyl groups excluding tert-OH is 1. The zero-order valence-corrected chi connectivity index (χ0v) is 14.5. The Morgan fingerprint density at radius 2 is 1.71 bits per heavy atom. The lowest BCUT2D eigenvalue weighted by Crippen LogP contribution is -2.53. The number of carboxylic acids is 1.